The van der Waals surface area contributed by atoms with Crippen LogP contribution < -0.4 is 16.0 Å². The van der Waals surface area contributed by atoms with Crippen LogP contribution in [0.3, 0.4) is 0 Å². The van der Waals surface area contributed by atoms with Crippen LogP contribution in [0.2, 0.25) is 0 Å². The summed E-state index contributed by atoms with van der Waals surface area (Å²) < 4.78 is 27.5. The first-order valence-electron chi connectivity index (χ1n) is 9.69. The molecule has 2 aromatic heterocycles. The lowest BCUT2D eigenvalue weighted by Gasteiger charge is -2.14. The van der Waals surface area contributed by atoms with E-state index < -0.39 is 17.5 Å². The molecule has 9 heteroatoms. The van der Waals surface area contributed by atoms with Crippen molar-refractivity contribution in [3.63, 3.8) is 0 Å². The maximum atomic E-state index is 14.0. The number of benzene rings is 2. The van der Waals surface area contributed by atoms with Gasteiger partial charge in [0.1, 0.15) is 17.3 Å². The number of H-pyrrole nitrogens is 1. The molecule has 4 aromatic rings. The molecule has 0 bridgehead atoms. The summed E-state index contributed by atoms with van der Waals surface area (Å²) in [6, 6.07) is 12.1. The van der Waals surface area contributed by atoms with Crippen LogP contribution in [0.5, 0.6) is 0 Å². The third-order valence-electron chi connectivity index (χ3n) is 4.92. The van der Waals surface area contributed by atoms with Crippen LogP contribution in [0.1, 0.15) is 26.4 Å². The molecule has 4 N–H and O–H groups in total. The van der Waals surface area contributed by atoms with E-state index in [0.29, 0.717) is 5.82 Å². The van der Waals surface area contributed by atoms with Gasteiger partial charge in [0.15, 0.2) is 5.82 Å². The Morgan fingerprint density at radius 2 is 1.78 bits per heavy atom. The number of carbonyl (C=O) groups excluding carboxylic acids is 2. The number of anilines is 3. The van der Waals surface area contributed by atoms with Crippen molar-refractivity contribution in [3.05, 3.63) is 83.2 Å². The van der Waals surface area contributed by atoms with Crippen molar-refractivity contribution in [2.75, 3.05) is 17.7 Å². The Hall–Kier alpha value is -4.27. The van der Waals surface area contributed by atoms with Crippen molar-refractivity contribution in [1.29, 1.82) is 0 Å². The summed E-state index contributed by atoms with van der Waals surface area (Å²) in [5.41, 5.74) is 2.38. The summed E-state index contributed by atoms with van der Waals surface area (Å²) in [7, 11) is 1.48. The van der Waals surface area contributed by atoms with Gasteiger partial charge in [-0.15, -0.1) is 0 Å². The normalized spacial score (nSPS) is 10.8. The molecule has 0 aliphatic carbocycles. The number of aromatic amines is 1. The second kappa shape index (κ2) is 8.46. The number of carbonyl (C=O) groups is 2. The Morgan fingerprint density at radius 1 is 1.00 bits per heavy atom. The number of rotatable bonds is 5. The second-order valence-corrected chi connectivity index (χ2v) is 7.13. The zero-order valence-corrected chi connectivity index (χ0v) is 17.2. The van der Waals surface area contributed by atoms with Crippen molar-refractivity contribution in [1.82, 2.24) is 15.3 Å². The molecular formula is C23H19F2N5O2. The largest absolute Gasteiger partial charge is 0.355 e. The van der Waals surface area contributed by atoms with E-state index in [4.69, 9.17) is 0 Å². The van der Waals surface area contributed by atoms with Crippen LogP contribution in [0.4, 0.5) is 26.0 Å². The van der Waals surface area contributed by atoms with E-state index in [1.807, 2.05) is 31.2 Å². The summed E-state index contributed by atoms with van der Waals surface area (Å²) >= 11 is 0. The third kappa shape index (κ3) is 4.13. The standard InChI is InChI=1S/C23H19F2N5O2/c1-12-5-3-4-6-17(12)29-21-19(7-13(11-27-21)22(31)26-2)30-23(32)20-10-15-16(25)8-14(24)9-18(15)28-20/h3-11,28H,1-2H3,(H,26,31)(H,27,29)(H,30,32). The summed E-state index contributed by atoms with van der Waals surface area (Å²) in [5.74, 6) is -2.20. The van der Waals surface area contributed by atoms with Crippen LogP contribution in [-0.2, 0) is 0 Å². The lowest BCUT2D eigenvalue weighted by atomic mass is 10.2. The van der Waals surface area contributed by atoms with Crippen LogP contribution in [0.15, 0.2) is 54.7 Å². The molecule has 32 heavy (non-hydrogen) atoms. The summed E-state index contributed by atoms with van der Waals surface area (Å²) in [6.45, 7) is 1.91. The average Bonchev–Trinajstić information content (AvgIpc) is 3.20. The predicted octanol–water partition coefficient (Wildman–Crippen LogP) is 4.51. The molecule has 0 saturated heterocycles. The average molecular weight is 435 g/mol. The van der Waals surface area contributed by atoms with Crippen molar-refractivity contribution in [2.45, 2.75) is 6.92 Å². The van der Waals surface area contributed by atoms with E-state index in [2.05, 4.69) is 25.9 Å². The van der Waals surface area contributed by atoms with Gasteiger partial charge < -0.3 is 20.9 Å². The molecule has 162 valence electrons. The number of amides is 2. The van der Waals surface area contributed by atoms with Crippen molar-refractivity contribution >= 4 is 39.9 Å². The second-order valence-electron chi connectivity index (χ2n) is 7.13. The van der Waals surface area contributed by atoms with Crippen LogP contribution in [0, 0.1) is 18.6 Å². The fourth-order valence-electron chi connectivity index (χ4n) is 3.24. The number of fused-ring (bicyclic) bond motifs is 1. The fourth-order valence-corrected chi connectivity index (χ4v) is 3.24. The molecule has 0 aliphatic heterocycles. The molecule has 0 atom stereocenters. The molecule has 4 rings (SSSR count). The molecule has 0 spiro atoms. The minimum absolute atomic E-state index is 0.0247. The summed E-state index contributed by atoms with van der Waals surface area (Å²) in [6.07, 6.45) is 1.39. The highest BCUT2D eigenvalue weighted by molar-refractivity contribution is 6.08. The molecule has 0 unspecified atom stereocenters. The number of aromatic nitrogens is 2. The predicted molar refractivity (Wildman–Crippen MR) is 118 cm³/mol. The topological polar surface area (TPSA) is 98.9 Å². The molecule has 0 aliphatic rings. The van der Waals surface area contributed by atoms with Crippen molar-refractivity contribution < 1.29 is 18.4 Å². The van der Waals surface area contributed by atoms with E-state index in [1.165, 1.54) is 25.4 Å². The van der Waals surface area contributed by atoms with Gasteiger partial charge in [0.2, 0.25) is 0 Å². The minimum atomic E-state index is -0.777. The van der Waals surface area contributed by atoms with Gasteiger partial charge in [0, 0.05) is 30.4 Å². The van der Waals surface area contributed by atoms with Gasteiger partial charge in [-0.05, 0) is 36.8 Å². The third-order valence-corrected chi connectivity index (χ3v) is 4.92. The molecule has 0 fully saturated rings. The lowest BCUT2D eigenvalue weighted by Crippen LogP contribution is -2.20. The SMILES string of the molecule is CNC(=O)c1cnc(Nc2ccccc2C)c(NC(=O)c2cc3c(F)cc(F)cc3[nH]2)c1. The monoisotopic (exact) mass is 435 g/mol. The van der Waals surface area contributed by atoms with Gasteiger partial charge in [-0.3, -0.25) is 9.59 Å². The van der Waals surface area contributed by atoms with Crippen LogP contribution in [-0.4, -0.2) is 28.8 Å². The Morgan fingerprint density at radius 3 is 2.53 bits per heavy atom. The van der Waals surface area contributed by atoms with E-state index >= 15 is 0 Å². The van der Waals surface area contributed by atoms with E-state index in [9.17, 15) is 18.4 Å². The zero-order valence-electron chi connectivity index (χ0n) is 17.2. The Balaban J connectivity index is 1.70. The fraction of sp³-hybridized carbons (Fsp3) is 0.0870. The highest BCUT2D eigenvalue weighted by Gasteiger charge is 2.17. The summed E-state index contributed by atoms with van der Waals surface area (Å²) in [5, 5.41) is 8.43. The van der Waals surface area contributed by atoms with Gasteiger partial charge in [0.25, 0.3) is 11.8 Å². The lowest BCUT2D eigenvalue weighted by molar-refractivity contribution is 0.0961. The number of aryl methyl sites for hydroxylation is 1. The summed E-state index contributed by atoms with van der Waals surface area (Å²) in [4.78, 5) is 32.0. The number of halogens is 2. The first kappa shape index (κ1) is 21.0. The maximum absolute atomic E-state index is 14.0. The Bertz CT molecular complexity index is 1350. The first-order valence-corrected chi connectivity index (χ1v) is 9.69. The molecule has 0 radical (unpaired) electrons. The van der Waals surface area contributed by atoms with Crippen LogP contribution >= 0.6 is 0 Å². The molecule has 2 amide bonds. The number of hydrogen-bond donors (Lipinski definition) is 4. The minimum Gasteiger partial charge on any atom is -0.355 e. The molecule has 0 saturated carbocycles. The Labute approximate surface area is 181 Å². The van der Waals surface area contributed by atoms with Gasteiger partial charge in [-0.25, -0.2) is 13.8 Å². The van der Waals surface area contributed by atoms with Crippen LogP contribution in [0.25, 0.3) is 10.9 Å². The number of hydrogen-bond acceptors (Lipinski definition) is 4. The van der Waals surface area contributed by atoms with E-state index in [1.54, 1.807) is 0 Å². The highest BCUT2D eigenvalue weighted by Crippen LogP contribution is 2.27. The van der Waals surface area contributed by atoms with Crippen molar-refractivity contribution in [3.8, 4) is 0 Å². The molecular weight excluding hydrogens is 416 g/mol. The van der Waals surface area contributed by atoms with Gasteiger partial charge in [-0.1, -0.05) is 18.2 Å². The number of nitrogens with zero attached hydrogens (tertiary/aromatic N) is 1. The molecule has 7 nitrogen and oxygen atoms in total. The Kier molecular flexibility index (Phi) is 5.55. The van der Waals surface area contributed by atoms with E-state index in [0.717, 1.165) is 23.4 Å². The van der Waals surface area contributed by atoms with E-state index in [-0.39, 0.29) is 33.8 Å². The number of nitrogens with one attached hydrogen (secondary N) is 4. The highest BCUT2D eigenvalue weighted by atomic mass is 19.1. The first-order chi connectivity index (χ1) is 15.4. The number of para-hydroxylation sites is 1. The quantitative estimate of drug-likeness (QED) is 0.371. The van der Waals surface area contributed by atoms with Gasteiger partial charge in [-0.2, -0.15) is 0 Å². The van der Waals surface area contributed by atoms with Gasteiger partial charge >= 0.3 is 0 Å². The van der Waals surface area contributed by atoms with Gasteiger partial charge in [0.05, 0.1) is 16.8 Å². The smallest absolute Gasteiger partial charge is 0.272 e. The van der Waals surface area contributed by atoms with Crippen molar-refractivity contribution in [2.24, 2.45) is 0 Å². The maximum Gasteiger partial charge on any atom is 0.272 e. The molecule has 2 aromatic carbocycles. The number of pyridine rings is 1. The zero-order chi connectivity index (χ0) is 22.8. The molecule has 2 heterocycles.